The van der Waals surface area contributed by atoms with Crippen LogP contribution in [0.5, 0.6) is 5.88 Å². The van der Waals surface area contributed by atoms with Crippen molar-refractivity contribution in [1.29, 1.82) is 0 Å². The van der Waals surface area contributed by atoms with Crippen molar-refractivity contribution in [2.45, 2.75) is 46.3 Å². The molecule has 0 saturated carbocycles. The molecule has 1 heterocycles. The van der Waals surface area contributed by atoms with Crippen LogP contribution in [0.3, 0.4) is 0 Å². The van der Waals surface area contributed by atoms with Crippen LogP contribution in [0, 0.1) is 0 Å². The molecule has 23 heavy (non-hydrogen) atoms. The molecule has 0 saturated heterocycles. The van der Waals surface area contributed by atoms with E-state index in [1.54, 1.807) is 6.20 Å². The van der Waals surface area contributed by atoms with E-state index in [2.05, 4.69) is 10.3 Å². The van der Waals surface area contributed by atoms with Gasteiger partial charge in [0.1, 0.15) is 0 Å². The second kappa shape index (κ2) is 8.32. The first kappa shape index (κ1) is 17.0. The molecular weight excluding hydrogens is 288 g/mol. The standard InChI is InChI=1S/C19H24N2O2/c1-4-6-18(22)15-8-10-17(11-9-15)21-13-16-7-5-12-20-19(16)23-14(2)3/h5,7-12,14,21H,4,6,13H2,1-3H3. The summed E-state index contributed by atoms with van der Waals surface area (Å²) < 4.78 is 5.72. The number of hydrogen-bond donors (Lipinski definition) is 1. The Labute approximate surface area is 137 Å². The number of Topliss-reactive ketones (excluding diaryl/α,β-unsaturated/α-hetero) is 1. The molecule has 1 N–H and O–H groups in total. The molecule has 0 aliphatic rings. The van der Waals surface area contributed by atoms with Crippen LogP contribution in [-0.4, -0.2) is 16.9 Å². The minimum absolute atomic E-state index is 0.0903. The minimum Gasteiger partial charge on any atom is -0.475 e. The fraction of sp³-hybridized carbons (Fsp3) is 0.368. The molecular formula is C19H24N2O2. The van der Waals surface area contributed by atoms with Gasteiger partial charge in [-0.05, 0) is 50.6 Å². The Kier molecular flexibility index (Phi) is 6.15. The third-order valence-electron chi connectivity index (χ3n) is 3.36. The number of hydrogen-bond acceptors (Lipinski definition) is 4. The topological polar surface area (TPSA) is 51.2 Å². The van der Waals surface area contributed by atoms with E-state index < -0.39 is 0 Å². The lowest BCUT2D eigenvalue weighted by molar-refractivity contribution is 0.0982. The van der Waals surface area contributed by atoms with Crippen molar-refractivity contribution >= 4 is 11.5 Å². The summed E-state index contributed by atoms with van der Waals surface area (Å²) in [6.45, 7) is 6.60. The largest absolute Gasteiger partial charge is 0.475 e. The van der Waals surface area contributed by atoms with Gasteiger partial charge in [-0.25, -0.2) is 4.98 Å². The summed E-state index contributed by atoms with van der Waals surface area (Å²) in [4.78, 5) is 16.1. The zero-order valence-electron chi connectivity index (χ0n) is 14.0. The first-order chi connectivity index (χ1) is 11.1. The minimum atomic E-state index is 0.0903. The van der Waals surface area contributed by atoms with Crippen LogP contribution in [0.4, 0.5) is 5.69 Å². The fourth-order valence-corrected chi connectivity index (χ4v) is 2.23. The van der Waals surface area contributed by atoms with Gasteiger partial charge in [0.2, 0.25) is 5.88 Å². The summed E-state index contributed by atoms with van der Waals surface area (Å²) in [7, 11) is 0. The summed E-state index contributed by atoms with van der Waals surface area (Å²) >= 11 is 0. The van der Waals surface area contributed by atoms with E-state index >= 15 is 0 Å². The SMILES string of the molecule is CCCC(=O)c1ccc(NCc2cccnc2OC(C)C)cc1. The van der Waals surface area contributed by atoms with Gasteiger partial charge in [0.25, 0.3) is 0 Å². The highest BCUT2D eigenvalue weighted by molar-refractivity contribution is 5.96. The lowest BCUT2D eigenvalue weighted by atomic mass is 10.1. The Morgan fingerprint density at radius 1 is 1.22 bits per heavy atom. The number of aromatic nitrogens is 1. The maximum Gasteiger partial charge on any atom is 0.218 e. The van der Waals surface area contributed by atoms with Crippen molar-refractivity contribution in [1.82, 2.24) is 4.98 Å². The van der Waals surface area contributed by atoms with Crippen molar-refractivity contribution in [2.24, 2.45) is 0 Å². The summed E-state index contributed by atoms with van der Waals surface area (Å²) in [5, 5.41) is 3.34. The number of pyridine rings is 1. The molecule has 0 bridgehead atoms. The Morgan fingerprint density at radius 2 is 1.96 bits per heavy atom. The second-order valence-electron chi connectivity index (χ2n) is 5.74. The number of nitrogens with one attached hydrogen (secondary N) is 1. The summed E-state index contributed by atoms with van der Waals surface area (Å²) in [6, 6.07) is 11.5. The van der Waals surface area contributed by atoms with Gasteiger partial charge in [0, 0.05) is 36.0 Å². The maximum absolute atomic E-state index is 11.8. The molecule has 0 radical (unpaired) electrons. The molecule has 122 valence electrons. The molecule has 0 unspecified atom stereocenters. The Balaban J connectivity index is 2.00. The summed E-state index contributed by atoms with van der Waals surface area (Å²) in [5.41, 5.74) is 2.74. The van der Waals surface area contributed by atoms with Gasteiger partial charge in [-0.1, -0.05) is 13.0 Å². The Bertz CT molecular complexity index is 636. The first-order valence-corrected chi connectivity index (χ1v) is 8.07. The number of benzene rings is 1. The normalized spacial score (nSPS) is 10.6. The van der Waals surface area contributed by atoms with Crippen LogP contribution in [0.2, 0.25) is 0 Å². The zero-order valence-corrected chi connectivity index (χ0v) is 14.0. The van der Waals surface area contributed by atoms with Gasteiger partial charge >= 0.3 is 0 Å². The predicted octanol–water partition coefficient (Wildman–Crippen LogP) is 4.46. The number of anilines is 1. The van der Waals surface area contributed by atoms with Gasteiger partial charge in [0.15, 0.2) is 5.78 Å². The molecule has 2 aromatic rings. The highest BCUT2D eigenvalue weighted by Crippen LogP contribution is 2.18. The molecule has 4 nitrogen and oxygen atoms in total. The fourth-order valence-electron chi connectivity index (χ4n) is 2.23. The van der Waals surface area contributed by atoms with Crippen LogP contribution >= 0.6 is 0 Å². The van der Waals surface area contributed by atoms with E-state index in [0.29, 0.717) is 18.8 Å². The van der Waals surface area contributed by atoms with Crippen molar-refractivity contribution < 1.29 is 9.53 Å². The molecule has 0 aliphatic heterocycles. The van der Waals surface area contributed by atoms with Crippen molar-refractivity contribution in [3.8, 4) is 5.88 Å². The van der Waals surface area contributed by atoms with Gasteiger partial charge in [-0.15, -0.1) is 0 Å². The van der Waals surface area contributed by atoms with Crippen LogP contribution in [-0.2, 0) is 6.54 Å². The van der Waals surface area contributed by atoms with Crippen LogP contribution in [0.1, 0.15) is 49.5 Å². The summed E-state index contributed by atoms with van der Waals surface area (Å²) in [6.07, 6.45) is 3.29. The molecule has 0 spiro atoms. The molecule has 2 rings (SSSR count). The third kappa shape index (κ3) is 5.09. The van der Waals surface area contributed by atoms with E-state index in [1.807, 2.05) is 57.2 Å². The third-order valence-corrected chi connectivity index (χ3v) is 3.36. The lowest BCUT2D eigenvalue weighted by Crippen LogP contribution is -2.10. The van der Waals surface area contributed by atoms with Crippen LogP contribution in [0.25, 0.3) is 0 Å². The Morgan fingerprint density at radius 3 is 2.61 bits per heavy atom. The number of ether oxygens (including phenoxy) is 1. The monoisotopic (exact) mass is 312 g/mol. The Hall–Kier alpha value is -2.36. The molecule has 0 fully saturated rings. The average Bonchev–Trinajstić information content (AvgIpc) is 2.54. The number of rotatable bonds is 8. The lowest BCUT2D eigenvalue weighted by Gasteiger charge is -2.14. The number of nitrogens with zero attached hydrogens (tertiary/aromatic N) is 1. The average molecular weight is 312 g/mol. The number of carbonyl (C=O) groups is 1. The van der Waals surface area contributed by atoms with Crippen molar-refractivity contribution in [2.75, 3.05) is 5.32 Å². The molecule has 1 aromatic carbocycles. The quantitative estimate of drug-likeness (QED) is 0.731. The van der Waals surface area contributed by atoms with Gasteiger partial charge in [-0.2, -0.15) is 0 Å². The number of carbonyl (C=O) groups excluding carboxylic acids is 1. The molecule has 0 atom stereocenters. The van der Waals surface area contributed by atoms with Gasteiger partial charge in [0.05, 0.1) is 6.10 Å². The number of ketones is 1. The van der Waals surface area contributed by atoms with Gasteiger partial charge < -0.3 is 10.1 Å². The molecule has 1 aromatic heterocycles. The van der Waals surface area contributed by atoms with E-state index in [0.717, 1.165) is 23.2 Å². The highest BCUT2D eigenvalue weighted by Gasteiger charge is 2.07. The van der Waals surface area contributed by atoms with E-state index in [4.69, 9.17) is 4.74 Å². The second-order valence-corrected chi connectivity index (χ2v) is 5.74. The highest BCUT2D eigenvalue weighted by atomic mass is 16.5. The molecule has 4 heteroatoms. The van der Waals surface area contributed by atoms with Gasteiger partial charge in [-0.3, -0.25) is 4.79 Å². The van der Waals surface area contributed by atoms with Crippen molar-refractivity contribution in [3.05, 3.63) is 53.7 Å². The smallest absolute Gasteiger partial charge is 0.218 e. The van der Waals surface area contributed by atoms with E-state index in [-0.39, 0.29) is 11.9 Å². The summed E-state index contributed by atoms with van der Waals surface area (Å²) in [5.74, 6) is 0.851. The van der Waals surface area contributed by atoms with E-state index in [1.165, 1.54) is 0 Å². The zero-order chi connectivity index (χ0) is 16.7. The predicted molar refractivity (Wildman–Crippen MR) is 93.0 cm³/mol. The molecule has 0 amide bonds. The maximum atomic E-state index is 11.8. The van der Waals surface area contributed by atoms with E-state index in [9.17, 15) is 4.79 Å². The van der Waals surface area contributed by atoms with Crippen LogP contribution < -0.4 is 10.1 Å². The van der Waals surface area contributed by atoms with Crippen molar-refractivity contribution in [3.63, 3.8) is 0 Å². The first-order valence-electron chi connectivity index (χ1n) is 8.07. The van der Waals surface area contributed by atoms with Crippen LogP contribution in [0.15, 0.2) is 42.6 Å². The molecule has 0 aliphatic carbocycles.